The molecule has 0 aromatic carbocycles. The Morgan fingerprint density at radius 3 is 1.62 bits per heavy atom. The second kappa shape index (κ2) is 7.90. The van der Waals surface area contributed by atoms with Gasteiger partial charge in [0.25, 0.3) is 0 Å². The van der Waals surface area contributed by atoms with Crippen molar-refractivity contribution in [1.29, 1.82) is 0 Å². The normalized spacial score (nSPS) is 32.0. The standard InChI is InChI=1S/C18H40O6Si2/c1-17(2,3)25(7,8)23-15-14(21)13(20)12(11-19)22-16(15)24-26(9,10)18(4,5)6/h12-16,19-21H,11H2,1-10H3/t12-,13-,14+,15-,16+/m1/s1. The lowest BCUT2D eigenvalue weighted by atomic mass is 9.99. The first-order valence-electron chi connectivity index (χ1n) is 9.43. The van der Waals surface area contributed by atoms with E-state index in [0.717, 1.165) is 0 Å². The van der Waals surface area contributed by atoms with Crippen LogP contribution in [0.15, 0.2) is 0 Å². The van der Waals surface area contributed by atoms with Crippen molar-refractivity contribution in [3.05, 3.63) is 0 Å². The van der Waals surface area contributed by atoms with Crippen molar-refractivity contribution in [3.63, 3.8) is 0 Å². The molecule has 0 radical (unpaired) electrons. The van der Waals surface area contributed by atoms with Crippen molar-refractivity contribution in [1.82, 2.24) is 0 Å². The number of ether oxygens (including phenoxy) is 1. The molecular weight excluding hydrogens is 368 g/mol. The summed E-state index contributed by atoms with van der Waals surface area (Å²) < 4.78 is 18.7. The van der Waals surface area contributed by atoms with Gasteiger partial charge in [-0.15, -0.1) is 0 Å². The van der Waals surface area contributed by atoms with Crippen LogP contribution in [0.3, 0.4) is 0 Å². The maximum atomic E-state index is 10.7. The SMILES string of the molecule is CC(C)(C)[Si](C)(C)O[C@@H]1O[C@H](CO)[C@@H](O)[C@H](O)[C@H]1O[Si](C)(C)C(C)(C)C. The molecule has 1 heterocycles. The summed E-state index contributed by atoms with van der Waals surface area (Å²) in [6.07, 6.45) is -4.89. The van der Waals surface area contributed by atoms with E-state index in [-0.39, 0.29) is 16.7 Å². The first-order valence-corrected chi connectivity index (χ1v) is 15.2. The summed E-state index contributed by atoms with van der Waals surface area (Å²) in [6.45, 7) is 20.7. The first-order chi connectivity index (χ1) is 11.4. The van der Waals surface area contributed by atoms with E-state index in [9.17, 15) is 15.3 Å². The van der Waals surface area contributed by atoms with Gasteiger partial charge < -0.3 is 28.9 Å². The van der Waals surface area contributed by atoms with Gasteiger partial charge in [0.1, 0.15) is 24.4 Å². The predicted octanol–water partition coefficient (Wildman–Crippen LogP) is 2.84. The maximum Gasteiger partial charge on any atom is 0.195 e. The van der Waals surface area contributed by atoms with Gasteiger partial charge in [0.15, 0.2) is 22.9 Å². The summed E-state index contributed by atoms with van der Waals surface area (Å²) in [5.41, 5.74) is 0. The van der Waals surface area contributed by atoms with Crippen LogP contribution in [0.4, 0.5) is 0 Å². The van der Waals surface area contributed by atoms with Gasteiger partial charge in [-0.1, -0.05) is 41.5 Å². The van der Waals surface area contributed by atoms with Crippen LogP contribution in [0, 0.1) is 0 Å². The van der Waals surface area contributed by atoms with E-state index in [1.54, 1.807) is 0 Å². The number of aliphatic hydroxyl groups is 3. The van der Waals surface area contributed by atoms with Crippen LogP contribution < -0.4 is 0 Å². The highest BCUT2D eigenvalue weighted by atomic mass is 28.4. The fraction of sp³-hybridized carbons (Fsp3) is 1.00. The highest BCUT2D eigenvalue weighted by Crippen LogP contribution is 2.42. The lowest BCUT2D eigenvalue weighted by molar-refractivity contribution is -0.277. The van der Waals surface area contributed by atoms with Gasteiger partial charge in [0, 0.05) is 0 Å². The molecule has 156 valence electrons. The zero-order chi connectivity index (χ0) is 20.7. The van der Waals surface area contributed by atoms with E-state index in [1.807, 2.05) is 0 Å². The Bertz CT molecular complexity index is 469. The van der Waals surface area contributed by atoms with Gasteiger partial charge in [-0.25, -0.2) is 0 Å². The Labute approximate surface area is 161 Å². The van der Waals surface area contributed by atoms with Crippen LogP contribution in [0.25, 0.3) is 0 Å². The first kappa shape index (κ1) is 24.2. The minimum atomic E-state index is -2.24. The molecule has 0 amide bonds. The summed E-state index contributed by atoms with van der Waals surface area (Å²) in [7, 11) is -4.45. The maximum absolute atomic E-state index is 10.7. The number of rotatable bonds is 5. The number of hydrogen-bond acceptors (Lipinski definition) is 6. The Hall–Kier alpha value is 0.194. The number of hydrogen-bond donors (Lipinski definition) is 3. The third-order valence-electron chi connectivity index (χ3n) is 6.28. The van der Waals surface area contributed by atoms with E-state index < -0.39 is 47.3 Å². The van der Waals surface area contributed by atoms with Crippen molar-refractivity contribution >= 4 is 16.6 Å². The molecule has 26 heavy (non-hydrogen) atoms. The quantitative estimate of drug-likeness (QED) is 0.606. The molecule has 0 spiro atoms. The molecule has 0 unspecified atom stereocenters. The molecule has 8 heteroatoms. The Morgan fingerprint density at radius 1 is 0.808 bits per heavy atom. The molecule has 1 aliphatic rings. The van der Waals surface area contributed by atoms with E-state index in [4.69, 9.17) is 13.6 Å². The molecule has 6 nitrogen and oxygen atoms in total. The average Bonchev–Trinajstić information content (AvgIpc) is 2.44. The molecule has 0 aromatic heterocycles. The monoisotopic (exact) mass is 408 g/mol. The van der Waals surface area contributed by atoms with E-state index >= 15 is 0 Å². The van der Waals surface area contributed by atoms with Crippen molar-refractivity contribution < 1.29 is 28.9 Å². The highest BCUT2D eigenvalue weighted by molar-refractivity contribution is 6.74. The van der Waals surface area contributed by atoms with Crippen molar-refractivity contribution in [3.8, 4) is 0 Å². The Morgan fingerprint density at radius 2 is 1.23 bits per heavy atom. The van der Waals surface area contributed by atoms with Crippen LogP contribution in [0.2, 0.25) is 36.3 Å². The topological polar surface area (TPSA) is 88.4 Å². The molecule has 1 saturated heterocycles. The third-order valence-corrected chi connectivity index (χ3v) is 15.2. The zero-order valence-corrected chi connectivity index (χ0v) is 20.2. The van der Waals surface area contributed by atoms with E-state index in [0.29, 0.717) is 0 Å². The fourth-order valence-electron chi connectivity index (χ4n) is 2.26. The lowest BCUT2D eigenvalue weighted by Crippen LogP contribution is -2.65. The molecule has 1 aliphatic heterocycles. The third kappa shape index (κ3) is 5.17. The lowest BCUT2D eigenvalue weighted by Gasteiger charge is -2.50. The second-order valence-corrected chi connectivity index (χ2v) is 19.9. The van der Waals surface area contributed by atoms with Gasteiger partial charge in [0.2, 0.25) is 0 Å². The molecule has 0 aromatic rings. The van der Waals surface area contributed by atoms with Gasteiger partial charge in [-0.2, -0.15) is 0 Å². The Balaban J connectivity index is 3.19. The van der Waals surface area contributed by atoms with E-state index in [1.165, 1.54) is 0 Å². The van der Waals surface area contributed by atoms with Crippen LogP contribution >= 0.6 is 0 Å². The molecule has 0 aliphatic carbocycles. The summed E-state index contributed by atoms with van der Waals surface area (Å²) in [5, 5.41) is 30.5. The smallest absolute Gasteiger partial charge is 0.195 e. The minimum absolute atomic E-state index is 0.0480. The average molecular weight is 409 g/mol. The van der Waals surface area contributed by atoms with Crippen LogP contribution in [0.1, 0.15) is 41.5 Å². The minimum Gasteiger partial charge on any atom is -0.406 e. The second-order valence-electron chi connectivity index (χ2n) is 10.4. The molecular formula is C18H40O6Si2. The molecule has 3 N–H and O–H groups in total. The van der Waals surface area contributed by atoms with E-state index in [2.05, 4.69) is 67.7 Å². The Kier molecular flexibility index (Phi) is 7.37. The van der Waals surface area contributed by atoms with Gasteiger partial charge in [-0.05, 0) is 36.3 Å². The van der Waals surface area contributed by atoms with Gasteiger partial charge in [0.05, 0.1) is 6.61 Å². The van der Waals surface area contributed by atoms with Gasteiger partial charge >= 0.3 is 0 Å². The van der Waals surface area contributed by atoms with Gasteiger partial charge in [-0.3, -0.25) is 0 Å². The molecule has 1 rings (SSSR count). The molecule has 0 bridgehead atoms. The van der Waals surface area contributed by atoms with Crippen LogP contribution in [-0.2, 0) is 13.6 Å². The van der Waals surface area contributed by atoms with Crippen molar-refractivity contribution in [2.45, 2.75) is 109 Å². The van der Waals surface area contributed by atoms with Crippen molar-refractivity contribution in [2.24, 2.45) is 0 Å². The highest BCUT2D eigenvalue weighted by Gasteiger charge is 2.52. The van der Waals surface area contributed by atoms with Crippen LogP contribution in [-0.4, -0.2) is 69.3 Å². The predicted molar refractivity (Wildman–Crippen MR) is 108 cm³/mol. The largest absolute Gasteiger partial charge is 0.406 e. The van der Waals surface area contributed by atoms with Crippen molar-refractivity contribution in [2.75, 3.05) is 6.61 Å². The summed E-state index contributed by atoms with van der Waals surface area (Å²) >= 11 is 0. The molecule has 1 fully saturated rings. The summed E-state index contributed by atoms with van der Waals surface area (Å²) in [6, 6.07) is 0. The molecule has 0 saturated carbocycles. The zero-order valence-electron chi connectivity index (χ0n) is 18.2. The summed E-state index contributed by atoms with van der Waals surface area (Å²) in [4.78, 5) is 0. The number of aliphatic hydroxyl groups excluding tert-OH is 3. The fourth-order valence-corrected chi connectivity index (χ4v) is 4.67. The summed E-state index contributed by atoms with van der Waals surface area (Å²) in [5.74, 6) is 0. The van der Waals surface area contributed by atoms with Crippen LogP contribution in [0.5, 0.6) is 0 Å². The molecule has 5 atom stereocenters.